The van der Waals surface area contributed by atoms with Gasteiger partial charge in [0.25, 0.3) is 5.91 Å². The van der Waals surface area contributed by atoms with Crippen LogP contribution in [-0.4, -0.2) is 95.7 Å². The quantitative estimate of drug-likeness (QED) is 0.213. The number of benzene rings is 1. The van der Waals surface area contributed by atoms with Gasteiger partial charge in [-0.25, -0.2) is 4.98 Å². The smallest absolute Gasteiger partial charge is 0.274 e. The fraction of sp³-hybridized carbons (Fsp3) is 0.543. The Labute approximate surface area is 292 Å². The van der Waals surface area contributed by atoms with E-state index in [1.807, 2.05) is 45.9 Å². The van der Waals surface area contributed by atoms with Crippen LogP contribution in [-0.2, 0) is 36.8 Å². The monoisotopic (exact) mass is 698 g/mol. The van der Waals surface area contributed by atoms with Crippen molar-refractivity contribution >= 4 is 34.8 Å². The Morgan fingerprint density at radius 2 is 1.73 bits per heavy atom. The number of thiazole rings is 1. The van der Waals surface area contributed by atoms with Crippen molar-refractivity contribution in [2.45, 2.75) is 78.6 Å². The molecule has 5 rings (SSSR count). The maximum atomic E-state index is 13.1. The van der Waals surface area contributed by atoms with E-state index in [9.17, 15) is 19.2 Å². The predicted octanol–water partition coefficient (Wildman–Crippen LogP) is 3.33. The van der Waals surface area contributed by atoms with Crippen molar-refractivity contribution in [3.8, 4) is 0 Å². The Balaban J connectivity index is 0.000000633. The number of nitrogens with one attached hydrogen (secondary N) is 3. The van der Waals surface area contributed by atoms with Crippen molar-refractivity contribution in [1.29, 1.82) is 0 Å². The highest BCUT2D eigenvalue weighted by molar-refractivity contribution is 7.07. The first-order valence-corrected chi connectivity index (χ1v) is 17.7. The second-order valence-electron chi connectivity index (χ2n) is 12.3. The SMILES string of the molecule is CC.CC(C)CC(NC(=O)CNC(=O)C(Cc1cscn1)NC(=O)c1cc(CN2CCOCC2)on1)C(=O)[C@@]1(C)CO1.Cc1ccccc1. The Morgan fingerprint density at radius 3 is 2.31 bits per heavy atom. The van der Waals surface area contributed by atoms with Gasteiger partial charge in [0, 0.05) is 31.0 Å². The molecule has 13 nitrogen and oxygen atoms in total. The number of rotatable bonds is 14. The number of ether oxygens (including phenoxy) is 2. The van der Waals surface area contributed by atoms with Crippen molar-refractivity contribution in [3.05, 3.63) is 70.0 Å². The summed E-state index contributed by atoms with van der Waals surface area (Å²) in [7, 11) is 0. The maximum Gasteiger partial charge on any atom is 0.274 e. The molecule has 0 spiro atoms. The summed E-state index contributed by atoms with van der Waals surface area (Å²) in [5, 5.41) is 13.6. The van der Waals surface area contributed by atoms with Gasteiger partial charge in [0.2, 0.25) is 11.8 Å². The third-order valence-corrected chi connectivity index (χ3v) is 8.25. The second kappa shape index (κ2) is 19.9. The number of aromatic nitrogens is 2. The number of carbonyl (C=O) groups excluding carboxylic acids is 4. The van der Waals surface area contributed by atoms with Crippen LogP contribution in [0.5, 0.6) is 0 Å². The van der Waals surface area contributed by atoms with Crippen LogP contribution in [0.3, 0.4) is 0 Å². The van der Waals surface area contributed by atoms with E-state index in [1.165, 1.54) is 16.9 Å². The first-order chi connectivity index (χ1) is 23.5. The fourth-order valence-corrected chi connectivity index (χ4v) is 5.43. The standard InChI is InChI=1S/C26H36N6O7S.C7H8.C2H6/c1-16(2)8-19(23(34)26(3)14-38-26)29-22(33)11-27-24(35)20(9-17-13-40-15-28-17)30-25(36)21-10-18(39-31-21)12-32-4-6-37-7-5-32;1-7-5-3-2-4-6-7;1-2/h10,13,15-16,19-20H,4-9,11-12,14H2,1-3H3,(H,27,35)(H,29,33)(H,30,36);2-6H,1H3;1-2H3/t19?,20?,26-;;/m1../s1. The molecule has 49 heavy (non-hydrogen) atoms. The van der Waals surface area contributed by atoms with E-state index >= 15 is 0 Å². The number of ketones is 1. The zero-order chi connectivity index (χ0) is 35.8. The molecule has 0 aliphatic carbocycles. The van der Waals surface area contributed by atoms with E-state index in [4.69, 9.17) is 14.0 Å². The maximum absolute atomic E-state index is 13.1. The number of amides is 3. The molecule has 3 N–H and O–H groups in total. The molecule has 0 radical (unpaired) electrons. The number of epoxide rings is 1. The molecular weight excluding hydrogens is 648 g/mol. The highest BCUT2D eigenvalue weighted by Crippen LogP contribution is 2.29. The van der Waals surface area contributed by atoms with Gasteiger partial charge in [-0.3, -0.25) is 24.1 Å². The summed E-state index contributed by atoms with van der Waals surface area (Å²) in [6.07, 6.45) is 0.566. The van der Waals surface area contributed by atoms with Crippen LogP contribution >= 0.6 is 11.3 Å². The van der Waals surface area contributed by atoms with Crippen molar-refractivity contribution in [2.75, 3.05) is 39.5 Å². The third-order valence-electron chi connectivity index (χ3n) is 7.61. The first-order valence-electron chi connectivity index (χ1n) is 16.7. The van der Waals surface area contributed by atoms with Crippen LogP contribution in [0.25, 0.3) is 0 Å². The summed E-state index contributed by atoms with van der Waals surface area (Å²) in [6.45, 7) is 14.9. The third kappa shape index (κ3) is 13.4. The van der Waals surface area contributed by atoms with Gasteiger partial charge in [0.15, 0.2) is 17.2 Å². The molecule has 3 aromatic rings. The van der Waals surface area contributed by atoms with E-state index < -0.39 is 35.4 Å². The molecule has 2 aliphatic heterocycles. The number of morpholine rings is 1. The van der Waals surface area contributed by atoms with Crippen molar-refractivity contribution in [3.63, 3.8) is 0 Å². The van der Waals surface area contributed by atoms with Gasteiger partial charge in [-0.05, 0) is 26.2 Å². The Morgan fingerprint density at radius 1 is 1.04 bits per heavy atom. The topological polar surface area (TPSA) is 168 Å². The molecule has 4 heterocycles. The minimum atomic E-state index is -1.02. The van der Waals surface area contributed by atoms with Crippen LogP contribution in [0.4, 0.5) is 0 Å². The van der Waals surface area contributed by atoms with Crippen molar-refractivity contribution in [1.82, 2.24) is 31.0 Å². The zero-order valence-corrected chi connectivity index (χ0v) is 30.1. The molecule has 1 aromatic carbocycles. The number of carbonyl (C=O) groups is 4. The molecule has 3 atom stereocenters. The molecule has 14 heteroatoms. The summed E-state index contributed by atoms with van der Waals surface area (Å²) < 4.78 is 15.9. The normalized spacial score (nSPS) is 18.1. The Bertz CT molecular complexity index is 1450. The minimum Gasteiger partial charge on any atom is -0.379 e. The van der Waals surface area contributed by atoms with Crippen LogP contribution < -0.4 is 16.0 Å². The van der Waals surface area contributed by atoms with E-state index in [2.05, 4.69) is 50.0 Å². The number of hydrogen-bond donors (Lipinski definition) is 3. The van der Waals surface area contributed by atoms with Crippen molar-refractivity contribution < 1.29 is 33.2 Å². The predicted molar refractivity (Wildman–Crippen MR) is 186 cm³/mol. The van der Waals surface area contributed by atoms with Gasteiger partial charge in [0.1, 0.15) is 11.6 Å². The average molecular weight is 699 g/mol. The van der Waals surface area contributed by atoms with Crippen molar-refractivity contribution in [2.24, 2.45) is 5.92 Å². The van der Waals surface area contributed by atoms with Gasteiger partial charge < -0.3 is 29.9 Å². The second-order valence-corrected chi connectivity index (χ2v) is 13.0. The molecule has 268 valence electrons. The molecule has 2 unspecified atom stereocenters. The molecule has 0 bridgehead atoms. The number of nitrogens with zero attached hydrogens (tertiary/aromatic N) is 3. The lowest BCUT2D eigenvalue weighted by atomic mass is 9.93. The van der Waals surface area contributed by atoms with Gasteiger partial charge in [0.05, 0.1) is 50.2 Å². The molecule has 2 aliphatic rings. The van der Waals surface area contributed by atoms with Gasteiger partial charge >= 0.3 is 0 Å². The first kappa shape index (κ1) is 39.5. The van der Waals surface area contributed by atoms with Crippen LogP contribution in [0.2, 0.25) is 0 Å². The van der Waals surface area contributed by atoms with Gasteiger partial charge in [-0.15, -0.1) is 11.3 Å². The molecular formula is C35H50N6O7S. The highest BCUT2D eigenvalue weighted by atomic mass is 32.1. The summed E-state index contributed by atoms with van der Waals surface area (Å²) in [5.74, 6) is -1.17. The van der Waals surface area contributed by atoms with E-state index in [1.54, 1.807) is 23.9 Å². The molecule has 0 saturated carbocycles. The Hall–Kier alpha value is -3.98. The lowest BCUT2D eigenvalue weighted by Crippen LogP contribution is -2.52. The summed E-state index contributed by atoms with van der Waals surface area (Å²) in [5.41, 5.74) is 2.74. The van der Waals surface area contributed by atoms with E-state index in [0.29, 0.717) is 44.2 Å². The summed E-state index contributed by atoms with van der Waals surface area (Å²) >= 11 is 1.37. The molecule has 2 aromatic heterocycles. The van der Waals surface area contributed by atoms with Crippen LogP contribution in [0, 0.1) is 12.8 Å². The van der Waals surface area contributed by atoms with Crippen LogP contribution in [0.1, 0.15) is 68.5 Å². The highest BCUT2D eigenvalue weighted by Gasteiger charge is 2.50. The summed E-state index contributed by atoms with van der Waals surface area (Å²) in [6, 6.07) is 10.1. The average Bonchev–Trinajstić information content (AvgIpc) is 3.42. The Kier molecular flexibility index (Phi) is 16.0. The lowest BCUT2D eigenvalue weighted by molar-refractivity contribution is -0.131. The van der Waals surface area contributed by atoms with E-state index in [-0.39, 0.29) is 30.4 Å². The summed E-state index contributed by atoms with van der Waals surface area (Å²) in [4.78, 5) is 57.9. The van der Waals surface area contributed by atoms with Gasteiger partial charge in [-0.2, -0.15) is 0 Å². The van der Waals surface area contributed by atoms with Gasteiger partial charge in [-0.1, -0.05) is 68.7 Å². The molecule has 3 amide bonds. The molecule has 2 fully saturated rings. The number of aryl methyl sites for hydroxylation is 1. The zero-order valence-electron chi connectivity index (χ0n) is 29.3. The largest absolute Gasteiger partial charge is 0.379 e. The minimum absolute atomic E-state index is 0.0444. The van der Waals surface area contributed by atoms with E-state index in [0.717, 1.165) is 13.1 Å². The fourth-order valence-electron chi connectivity index (χ4n) is 4.86. The number of hydrogen-bond acceptors (Lipinski definition) is 11. The molecule has 2 saturated heterocycles. The number of Topliss-reactive ketones (excluding diaryl/α,β-unsaturated/α-hetero) is 1. The lowest BCUT2D eigenvalue weighted by Gasteiger charge is -2.25. The van der Waals surface area contributed by atoms with Crippen LogP contribution in [0.15, 0.2) is 51.8 Å².